The van der Waals surface area contributed by atoms with Crippen molar-refractivity contribution in [2.75, 3.05) is 6.54 Å². The van der Waals surface area contributed by atoms with Crippen LogP contribution in [0, 0.1) is 20.8 Å². The zero-order valence-electron chi connectivity index (χ0n) is 13.6. The van der Waals surface area contributed by atoms with Crippen molar-refractivity contribution in [1.29, 1.82) is 0 Å². The summed E-state index contributed by atoms with van der Waals surface area (Å²) in [4.78, 5) is 12.2. The first kappa shape index (κ1) is 17.9. The molecule has 0 fully saturated rings. The smallest absolute Gasteiger partial charge is 0.387 e. The highest BCUT2D eigenvalue weighted by atomic mass is 19.3. The molecule has 0 aliphatic carbocycles. The normalized spacial score (nSPS) is 12.3. The van der Waals surface area contributed by atoms with Gasteiger partial charge in [-0.05, 0) is 56.2 Å². The predicted octanol–water partition coefficient (Wildman–Crippen LogP) is 3.27. The summed E-state index contributed by atoms with van der Waals surface area (Å²) in [5, 5.41) is 12.6. The lowest BCUT2D eigenvalue weighted by atomic mass is 10.0. The average molecular weight is 339 g/mol. The van der Waals surface area contributed by atoms with E-state index in [1.807, 2.05) is 0 Å². The molecule has 1 heterocycles. The van der Waals surface area contributed by atoms with Gasteiger partial charge in [-0.3, -0.25) is 4.79 Å². The van der Waals surface area contributed by atoms with Crippen LogP contribution in [0.1, 0.15) is 39.1 Å². The number of aliphatic hydroxyl groups excluding tert-OH is 1. The molecule has 1 amide bonds. The number of halogens is 2. The Labute approximate surface area is 138 Å². The minimum Gasteiger partial charge on any atom is -0.464 e. The molecular formula is C17H19F2NO4. The third kappa shape index (κ3) is 4.32. The average Bonchev–Trinajstić information content (AvgIpc) is 2.94. The highest BCUT2D eigenvalue weighted by Gasteiger charge is 2.17. The number of hydrogen-bond acceptors (Lipinski definition) is 4. The van der Waals surface area contributed by atoms with Gasteiger partial charge in [0.15, 0.2) is 0 Å². The first-order valence-corrected chi connectivity index (χ1v) is 7.36. The lowest BCUT2D eigenvalue weighted by Crippen LogP contribution is -2.28. The molecule has 130 valence electrons. The molecule has 1 aromatic carbocycles. The molecule has 0 aliphatic rings. The third-order valence-electron chi connectivity index (χ3n) is 3.47. The second kappa shape index (κ2) is 7.44. The zero-order valence-corrected chi connectivity index (χ0v) is 13.6. The van der Waals surface area contributed by atoms with Gasteiger partial charge in [-0.2, -0.15) is 8.78 Å². The summed E-state index contributed by atoms with van der Waals surface area (Å²) in [7, 11) is 0. The summed E-state index contributed by atoms with van der Waals surface area (Å²) in [6.45, 7) is 1.97. The second-order valence-electron chi connectivity index (χ2n) is 5.49. The molecule has 1 atom stereocenters. The highest BCUT2D eigenvalue weighted by molar-refractivity contribution is 5.94. The van der Waals surface area contributed by atoms with Crippen molar-refractivity contribution in [2.45, 2.75) is 33.5 Å². The van der Waals surface area contributed by atoms with E-state index in [-0.39, 0.29) is 12.3 Å². The fourth-order valence-corrected chi connectivity index (χ4v) is 2.38. The Hall–Kier alpha value is -2.41. The van der Waals surface area contributed by atoms with Crippen LogP contribution in [0.4, 0.5) is 8.78 Å². The quantitative estimate of drug-likeness (QED) is 0.847. The molecule has 1 aromatic heterocycles. The molecule has 0 aliphatic heterocycles. The number of rotatable bonds is 6. The van der Waals surface area contributed by atoms with Gasteiger partial charge < -0.3 is 19.6 Å². The van der Waals surface area contributed by atoms with Crippen molar-refractivity contribution < 1.29 is 27.8 Å². The number of aliphatic hydroxyl groups is 1. The lowest BCUT2D eigenvalue weighted by Gasteiger charge is -2.14. The number of carbonyl (C=O) groups is 1. The standard InChI is InChI=1S/C17H19F2NO4/c1-9-6-12(7-10(2)15(9)24-17(18)19)16(22)20-8-13(21)14-5-4-11(3)23-14/h4-7,13,17,21H,8H2,1-3H3,(H,20,22). The van der Waals surface area contributed by atoms with Gasteiger partial charge >= 0.3 is 6.61 Å². The van der Waals surface area contributed by atoms with E-state index in [0.29, 0.717) is 28.2 Å². The Bertz CT molecular complexity index is 704. The number of amides is 1. The van der Waals surface area contributed by atoms with E-state index in [9.17, 15) is 18.7 Å². The minimum absolute atomic E-state index is 0.0286. The van der Waals surface area contributed by atoms with Crippen LogP contribution in [-0.4, -0.2) is 24.2 Å². The molecule has 2 aromatic rings. The number of nitrogens with one attached hydrogen (secondary N) is 1. The number of hydrogen-bond donors (Lipinski definition) is 2. The largest absolute Gasteiger partial charge is 0.464 e. The van der Waals surface area contributed by atoms with Gasteiger partial charge in [-0.15, -0.1) is 0 Å². The minimum atomic E-state index is -2.92. The van der Waals surface area contributed by atoms with Crippen molar-refractivity contribution in [3.63, 3.8) is 0 Å². The van der Waals surface area contributed by atoms with Crippen molar-refractivity contribution in [2.24, 2.45) is 0 Å². The molecule has 0 saturated carbocycles. The van der Waals surface area contributed by atoms with Gasteiger partial charge in [0.2, 0.25) is 0 Å². The molecule has 1 unspecified atom stereocenters. The Balaban J connectivity index is 2.04. The fourth-order valence-electron chi connectivity index (χ4n) is 2.38. The summed E-state index contributed by atoms with van der Waals surface area (Å²) in [5.41, 5.74) is 1.17. The maximum atomic E-state index is 12.4. The molecule has 0 saturated heterocycles. The summed E-state index contributed by atoms with van der Waals surface area (Å²) < 4.78 is 34.5. The molecule has 24 heavy (non-hydrogen) atoms. The maximum Gasteiger partial charge on any atom is 0.387 e. The van der Waals surface area contributed by atoms with Crippen LogP contribution in [0.15, 0.2) is 28.7 Å². The zero-order chi connectivity index (χ0) is 17.9. The monoisotopic (exact) mass is 339 g/mol. The number of alkyl halides is 2. The molecular weight excluding hydrogens is 320 g/mol. The Morgan fingerprint density at radius 3 is 2.38 bits per heavy atom. The molecule has 0 spiro atoms. The number of ether oxygens (including phenoxy) is 1. The van der Waals surface area contributed by atoms with Gasteiger partial charge in [-0.1, -0.05) is 0 Å². The van der Waals surface area contributed by atoms with E-state index < -0.39 is 18.6 Å². The van der Waals surface area contributed by atoms with Gasteiger partial charge in [0.1, 0.15) is 23.4 Å². The maximum absolute atomic E-state index is 12.4. The SMILES string of the molecule is Cc1ccc(C(O)CNC(=O)c2cc(C)c(OC(F)F)c(C)c2)o1. The molecule has 7 heteroatoms. The molecule has 0 radical (unpaired) electrons. The van der Waals surface area contributed by atoms with E-state index in [2.05, 4.69) is 10.1 Å². The van der Waals surface area contributed by atoms with Crippen LogP contribution >= 0.6 is 0 Å². The van der Waals surface area contributed by atoms with Crippen LogP contribution < -0.4 is 10.1 Å². The Morgan fingerprint density at radius 2 is 1.88 bits per heavy atom. The third-order valence-corrected chi connectivity index (χ3v) is 3.47. The molecule has 0 bridgehead atoms. The van der Waals surface area contributed by atoms with Crippen molar-refractivity contribution >= 4 is 5.91 Å². The summed E-state index contributed by atoms with van der Waals surface area (Å²) in [5.74, 6) is 0.664. The fraction of sp³-hybridized carbons (Fsp3) is 0.353. The number of furan rings is 1. The Kier molecular flexibility index (Phi) is 5.56. The van der Waals surface area contributed by atoms with Gasteiger partial charge in [0.05, 0.1) is 6.54 Å². The van der Waals surface area contributed by atoms with Crippen LogP contribution in [0.5, 0.6) is 5.75 Å². The molecule has 2 rings (SSSR count). The summed E-state index contributed by atoms with van der Waals surface area (Å²) in [6, 6.07) is 6.28. The molecule has 5 nitrogen and oxygen atoms in total. The van der Waals surface area contributed by atoms with Crippen LogP contribution in [0.2, 0.25) is 0 Å². The predicted molar refractivity (Wildman–Crippen MR) is 83.3 cm³/mol. The first-order valence-electron chi connectivity index (χ1n) is 7.36. The summed E-state index contributed by atoms with van der Waals surface area (Å²) >= 11 is 0. The van der Waals surface area contributed by atoms with Crippen LogP contribution in [-0.2, 0) is 0 Å². The number of benzene rings is 1. The van der Waals surface area contributed by atoms with E-state index in [1.165, 1.54) is 12.1 Å². The van der Waals surface area contributed by atoms with Crippen molar-refractivity contribution in [1.82, 2.24) is 5.32 Å². The van der Waals surface area contributed by atoms with E-state index in [4.69, 9.17) is 4.42 Å². The number of aryl methyl sites for hydroxylation is 3. The summed E-state index contributed by atoms with van der Waals surface area (Å²) in [6.07, 6.45) is -0.966. The van der Waals surface area contributed by atoms with Gasteiger partial charge in [0.25, 0.3) is 5.91 Å². The van der Waals surface area contributed by atoms with Gasteiger partial charge in [-0.25, -0.2) is 0 Å². The first-order chi connectivity index (χ1) is 11.3. The Morgan fingerprint density at radius 1 is 1.25 bits per heavy atom. The molecule has 2 N–H and O–H groups in total. The van der Waals surface area contributed by atoms with Crippen molar-refractivity contribution in [3.8, 4) is 5.75 Å². The second-order valence-corrected chi connectivity index (χ2v) is 5.49. The lowest BCUT2D eigenvalue weighted by molar-refractivity contribution is -0.0507. The van der Waals surface area contributed by atoms with Crippen molar-refractivity contribution in [3.05, 3.63) is 52.5 Å². The van der Waals surface area contributed by atoms with E-state index >= 15 is 0 Å². The van der Waals surface area contributed by atoms with Crippen LogP contribution in [0.25, 0.3) is 0 Å². The van der Waals surface area contributed by atoms with Crippen LogP contribution in [0.3, 0.4) is 0 Å². The topological polar surface area (TPSA) is 71.7 Å². The number of carbonyl (C=O) groups excluding carboxylic acids is 1. The van der Waals surface area contributed by atoms with Gasteiger partial charge in [0, 0.05) is 5.56 Å². The van der Waals surface area contributed by atoms with E-state index in [1.54, 1.807) is 32.9 Å². The highest BCUT2D eigenvalue weighted by Crippen LogP contribution is 2.26. The van der Waals surface area contributed by atoms with E-state index in [0.717, 1.165) is 0 Å².